The van der Waals surface area contributed by atoms with Gasteiger partial charge in [0.1, 0.15) is 5.76 Å². The summed E-state index contributed by atoms with van der Waals surface area (Å²) in [6.45, 7) is 16.9. The number of nitrogens with one attached hydrogen (secondary N) is 2. The molecule has 0 radical (unpaired) electrons. The van der Waals surface area contributed by atoms with Crippen LogP contribution < -0.4 is 15.4 Å². The Morgan fingerprint density at radius 2 is 1.25 bits per heavy atom. The minimum atomic E-state index is -3.68. The molecule has 7 aromatic rings. The number of aliphatic imine (C=N–C) groups is 1. The number of aromatic amines is 1. The van der Waals surface area contributed by atoms with E-state index >= 15 is 0 Å². The van der Waals surface area contributed by atoms with Crippen LogP contribution in [0.4, 0.5) is 21.5 Å². The van der Waals surface area contributed by atoms with Crippen molar-refractivity contribution < 1.29 is 61.1 Å². The number of methoxy groups -OCH3 is 2. The first kappa shape index (κ1) is 69.3. The van der Waals surface area contributed by atoms with E-state index in [4.69, 9.17) is 26.3 Å². The van der Waals surface area contributed by atoms with E-state index in [1.807, 2.05) is 73.7 Å². The molecule has 0 saturated carbocycles. The molecule has 3 aliphatic heterocycles. The number of likely N-dealkylation sites (N-methyl/N-ethyl adjacent to an activating group) is 2. The Bertz CT molecular complexity index is 4030. The molecule has 2 fully saturated rings. The highest BCUT2D eigenvalue weighted by Gasteiger charge is 2.39. The van der Waals surface area contributed by atoms with Gasteiger partial charge in [0.15, 0.2) is 15.7 Å². The molecule has 5 N–H and O–H groups in total. The highest BCUT2D eigenvalue weighted by Crippen LogP contribution is 2.43. The molecule has 6 aromatic carbocycles. The number of alkyl halides is 1. The lowest BCUT2D eigenvalue weighted by Crippen LogP contribution is -2.46. The highest BCUT2D eigenvalue weighted by atomic mass is 32.2. The molecule has 1 aromatic heterocycles. The van der Waals surface area contributed by atoms with Crippen molar-refractivity contribution in [2.45, 2.75) is 43.9 Å². The summed E-state index contributed by atoms with van der Waals surface area (Å²) in [7, 11) is -1.05. The van der Waals surface area contributed by atoms with Crippen molar-refractivity contribution in [3.63, 3.8) is 0 Å². The Kier molecular flexibility index (Phi) is 24.5. The summed E-state index contributed by atoms with van der Waals surface area (Å²) in [5.74, 6) is -1.40. The zero-order valence-corrected chi connectivity index (χ0v) is 54.8. The van der Waals surface area contributed by atoms with Crippen molar-refractivity contribution in [3.05, 3.63) is 178 Å². The fourth-order valence-electron chi connectivity index (χ4n) is 10.7. The molecule has 0 bridgehead atoms. The summed E-state index contributed by atoms with van der Waals surface area (Å²) in [4.78, 5) is 68.3. The molecule has 10 rings (SSSR count). The van der Waals surface area contributed by atoms with Gasteiger partial charge in [-0.15, -0.1) is 0 Å². The maximum absolute atomic E-state index is 13.2. The number of amides is 2. The van der Waals surface area contributed by atoms with Crippen LogP contribution in [-0.2, 0) is 43.7 Å². The summed E-state index contributed by atoms with van der Waals surface area (Å²) in [5, 5.41) is 11.7. The van der Waals surface area contributed by atoms with Gasteiger partial charge in [0.05, 0.1) is 84.2 Å². The Balaban J connectivity index is 0.000000207. The number of aromatic hydroxyl groups is 1. The number of H-pyrrole nitrogens is 1. The number of anilines is 2. The molecule has 0 aliphatic carbocycles. The van der Waals surface area contributed by atoms with Crippen molar-refractivity contribution in [2.75, 3.05) is 130 Å². The molecule has 4 heterocycles. The average Bonchev–Trinajstić information content (AvgIpc) is 1.61. The fourth-order valence-corrected chi connectivity index (χ4v) is 13.1. The van der Waals surface area contributed by atoms with Gasteiger partial charge >= 0.3 is 11.9 Å². The number of rotatable bonds is 18. The van der Waals surface area contributed by atoms with Crippen LogP contribution in [0.3, 0.4) is 0 Å². The SMILES string of the molecule is CCO/C(=C1/C(=O)N(C(C)=O)c2cc(C(=O)OC)c(C)cc21)c1ccccc1.CN1CCN(CCCS(=O)(=O)c2ccc(N)cc2)CC1.COC(=O)c1cc2[nH]c(O)c(C(=Nc3ccc(S(=O)(=O)NCCN4CCN(C)CC4)cc3)c3ccccc3)c2cc1C.[2H]CF. The molecule has 24 heteroatoms. The Hall–Kier alpha value is -8.62. The standard InChI is InChI=1S/C31H35N5O5S.C22H21NO5.C14H23N3O2S.CH3F/c1-21-19-26-27(20-25(21)31(38)41-3)34-30(37)28(26)29(22-7-5-4-6-8-22)33-23-9-11-24(12-10-23)42(39,40)32-13-14-36-17-15-35(2)16-18-36;1-5-28-20(15-9-7-6-8-10-15)19-17-11-13(2)16(22(26)27-4)12-18(17)23(14(3)24)21(19)25;1-16-8-10-17(11-9-16)7-2-12-20(18,19)14-5-3-13(15)4-6-14;1-2/h4-12,19-20,32,34,37H,13-18H2,1-3H3;6-12H,5H2,1-4H3;3-6H,2,7-12,15H2,1H3;1H3/b;20-19+;;/i;;;1D. The Morgan fingerprint density at radius 3 is 1.79 bits per heavy atom. The van der Waals surface area contributed by atoms with Gasteiger partial charge in [-0.3, -0.25) is 18.9 Å². The van der Waals surface area contributed by atoms with Crippen LogP contribution in [0, 0.1) is 13.8 Å². The number of fused-ring (bicyclic) bond motifs is 2. The predicted octanol–water partition coefficient (Wildman–Crippen LogP) is 8.51. The van der Waals surface area contributed by atoms with E-state index in [2.05, 4.69) is 43.4 Å². The minimum Gasteiger partial charge on any atom is -0.494 e. The molecule has 21 nitrogen and oxygen atoms in total. The van der Waals surface area contributed by atoms with Crippen molar-refractivity contribution in [1.82, 2.24) is 29.3 Å². The number of imide groups is 1. The third-order valence-electron chi connectivity index (χ3n) is 15.8. The average molecular weight is 1300 g/mol. The number of nitrogens with zero attached hydrogens (tertiary/aromatic N) is 6. The lowest BCUT2D eigenvalue weighted by Gasteiger charge is -2.32. The Labute approximate surface area is 539 Å². The second-order valence-electron chi connectivity index (χ2n) is 22.1. The molecular formula is C68H82FN9O12S2. The van der Waals surface area contributed by atoms with Crippen LogP contribution >= 0.6 is 0 Å². The first-order valence-corrected chi connectivity index (χ1v) is 33.0. The van der Waals surface area contributed by atoms with E-state index in [1.54, 1.807) is 62.4 Å². The van der Waals surface area contributed by atoms with Gasteiger partial charge in [-0.25, -0.2) is 41.0 Å². The van der Waals surface area contributed by atoms with Gasteiger partial charge in [0, 0.05) is 106 Å². The van der Waals surface area contributed by atoms with Crippen LogP contribution in [0.2, 0.25) is 0 Å². The fraction of sp³-hybridized carbons (Fsp3) is 0.338. The molecule has 92 heavy (non-hydrogen) atoms. The molecule has 490 valence electrons. The number of esters is 2. The van der Waals surface area contributed by atoms with Crippen molar-refractivity contribution >= 4 is 88.6 Å². The first-order chi connectivity index (χ1) is 44.4. The number of piperazine rings is 2. The molecule has 0 atom stereocenters. The zero-order chi connectivity index (χ0) is 67.6. The molecule has 0 spiro atoms. The lowest BCUT2D eigenvalue weighted by atomic mass is 9.97. The summed E-state index contributed by atoms with van der Waals surface area (Å²) in [5.41, 5.74) is 12.9. The van der Waals surface area contributed by atoms with Gasteiger partial charge in [0.25, 0.3) is 5.91 Å². The van der Waals surface area contributed by atoms with Crippen LogP contribution in [0.1, 0.15) is 75.7 Å². The number of carbonyl (C=O) groups excluding carboxylic acids is 4. The van der Waals surface area contributed by atoms with Crippen molar-refractivity contribution in [1.29, 1.82) is 0 Å². The van der Waals surface area contributed by atoms with E-state index < -0.39 is 50.8 Å². The van der Waals surface area contributed by atoms with Crippen LogP contribution in [0.15, 0.2) is 148 Å². The van der Waals surface area contributed by atoms with Gasteiger partial charge < -0.3 is 44.7 Å². The first-order valence-electron chi connectivity index (χ1n) is 30.6. The molecule has 2 saturated heterocycles. The smallest absolute Gasteiger partial charge is 0.338 e. The second kappa shape index (κ2) is 32.6. The molecule has 0 unspecified atom stereocenters. The van der Waals surface area contributed by atoms with E-state index in [1.165, 1.54) is 39.3 Å². The van der Waals surface area contributed by atoms with Gasteiger partial charge in [0.2, 0.25) is 15.9 Å². The number of benzene rings is 6. The highest BCUT2D eigenvalue weighted by molar-refractivity contribution is 7.91. The predicted molar refractivity (Wildman–Crippen MR) is 357 cm³/mol. The van der Waals surface area contributed by atoms with Gasteiger partial charge in [-0.05, 0) is 132 Å². The van der Waals surface area contributed by atoms with Crippen LogP contribution in [-0.4, -0.2) is 196 Å². The number of ether oxygens (including phenoxy) is 3. The number of sulfonamides is 1. The minimum absolute atomic E-state index is 0.0993. The number of hydrogen-bond donors (Lipinski definition) is 4. The van der Waals surface area contributed by atoms with E-state index in [9.17, 15) is 45.5 Å². The van der Waals surface area contributed by atoms with E-state index in [0.29, 0.717) is 109 Å². The number of nitrogens with two attached hydrogens (primary N) is 1. The summed E-state index contributed by atoms with van der Waals surface area (Å²) < 4.78 is 84.0. The van der Waals surface area contributed by atoms with E-state index in [-0.39, 0.29) is 16.5 Å². The zero-order valence-electron chi connectivity index (χ0n) is 54.2. The third-order valence-corrected chi connectivity index (χ3v) is 19.1. The summed E-state index contributed by atoms with van der Waals surface area (Å²) >= 11 is 0. The largest absolute Gasteiger partial charge is 0.494 e. The maximum Gasteiger partial charge on any atom is 0.338 e. The molecule has 3 aliphatic rings. The molecule has 2 amide bonds. The number of hydrogen-bond acceptors (Lipinski definition) is 18. The van der Waals surface area contributed by atoms with Crippen LogP contribution in [0.25, 0.3) is 22.2 Å². The Morgan fingerprint density at radius 1 is 0.728 bits per heavy atom. The number of carbonyl (C=O) groups is 4. The normalized spacial score (nSPS) is 15.6. The molecular weight excluding hydrogens is 1220 g/mol. The lowest BCUT2D eigenvalue weighted by molar-refractivity contribution is -0.122. The van der Waals surface area contributed by atoms with Crippen molar-refractivity contribution in [2.24, 2.45) is 4.99 Å². The monoisotopic (exact) mass is 1300 g/mol. The number of aromatic nitrogens is 1. The number of sulfone groups is 1. The maximum atomic E-state index is 13.2. The summed E-state index contributed by atoms with van der Waals surface area (Å²) in [6.07, 6.45) is 0.677. The van der Waals surface area contributed by atoms with Crippen LogP contribution in [0.5, 0.6) is 5.88 Å². The number of aryl methyl sites for hydroxylation is 2. The van der Waals surface area contributed by atoms with Crippen molar-refractivity contribution in [3.8, 4) is 5.88 Å². The summed E-state index contributed by atoms with van der Waals surface area (Å²) in [6, 6.07) is 38.2. The van der Waals surface area contributed by atoms with Gasteiger partial charge in [-0.1, -0.05) is 60.7 Å². The quantitative estimate of drug-likeness (QED) is 0.0206. The number of halogens is 1. The third kappa shape index (κ3) is 17.7. The second-order valence-corrected chi connectivity index (χ2v) is 26.0. The van der Waals surface area contributed by atoms with E-state index in [0.717, 1.165) is 74.9 Å². The van der Waals surface area contributed by atoms with Gasteiger partial charge in [-0.2, -0.15) is 0 Å². The number of nitrogen functional groups attached to an aromatic ring is 1. The topological polar surface area (TPSA) is 267 Å².